The molecule has 1 saturated heterocycles. The van der Waals surface area contributed by atoms with Gasteiger partial charge in [0.15, 0.2) is 5.78 Å². The lowest BCUT2D eigenvalue weighted by Gasteiger charge is -2.46. The van der Waals surface area contributed by atoms with Crippen LogP contribution in [0.2, 0.25) is 0 Å². The van der Waals surface area contributed by atoms with E-state index in [1.165, 1.54) is 6.20 Å². The second kappa shape index (κ2) is 16.4. The number of allylic oxidation sites excluding steroid dienone is 4. The van der Waals surface area contributed by atoms with Crippen molar-refractivity contribution in [2.75, 3.05) is 5.32 Å². The first-order valence-corrected chi connectivity index (χ1v) is 19.5. The minimum atomic E-state index is -1.41. The summed E-state index contributed by atoms with van der Waals surface area (Å²) in [7, 11) is 0. The molecular formula is C44H55N5O6. The molecule has 2 aliphatic carbocycles. The first-order chi connectivity index (χ1) is 26.3. The lowest BCUT2D eigenvalue weighted by Crippen LogP contribution is -2.55. The number of nitrogens with one attached hydrogen (secondary N) is 5. The number of fused-ring (bicyclic) bond motifs is 1. The van der Waals surface area contributed by atoms with E-state index < -0.39 is 47.4 Å². The van der Waals surface area contributed by atoms with Crippen LogP contribution >= 0.6 is 0 Å². The SMILES string of the molecule is CC[C@@H](C)[C@@H]1NC(=O)[C@@]23C(=O)C[C@H](Nc4ccccc4C(=O)N[C@@H](C)C(=O)N/C=C/c4c[nH]c5ccccc45)[C@H](O)[C@@H](O)CC/C(C)=C/[C@H]2C=C(C)[C@@H](C)[C@@H]13. The zero-order valence-electron chi connectivity index (χ0n) is 32.6. The van der Waals surface area contributed by atoms with Crippen LogP contribution in [0.1, 0.15) is 83.1 Å². The molecule has 11 nitrogen and oxygen atoms in total. The Kier molecular flexibility index (Phi) is 11.8. The number of para-hydroxylation sites is 2. The quantitative estimate of drug-likeness (QED) is 0.110. The van der Waals surface area contributed by atoms with E-state index in [9.17, 15) is 24.6 Å². The molecule has 1 spiro atoms. The average molecular weight is 750 g/mol. The third kappa shape index (κ3) is 7.64. The number of hydrogen-bond donors (Lipinski definition) is 7. The van der Waals surface area contributed by atoms with Gasteiger partial charge < -0.3 is 36.5 Å². The third-order valence-corrected chi connectivity index (χ3v) is 12.4. The Morgan fingerprint density at radius 1 is 1.04 bits per heavy atom. The van der Waals surface area contributed by atoms with Gasteiger partial charge in [-0.1, -0.05) is 80.8 Å². The predicted molar refractivity (Wildman–Crippen MR) is 215 cm³/mol. The fourth-order valence-corrected chi connectivity index (χ4v) is 8.90. The summed E-state index contributed by atoms with van der Waals surface area (Å²) in [5.74, 6) is -2.31. The summed E-state index contributed by atoms with van der Waals surface area (Å²) < 4.78 is 0. The Hall–Kier alpha value is -5.00. The van der Waals surface area contributed by atoms with Gasteiger partial charge >= 0.3 is 0 Å². The Morgan fingerprint density at radius 2 is 1.76 bits per heavy atom. The largest absolute Gasteiger partial charge is 0.390 e. The zero-order chi connectivity index (χ0) is 39.6. The number of anilines is 1. The van der Waals surface area contributed by atoms with E-state index in [2.05, 4.69) is 60.0 Å². The van der Waals surface area contributed by atoms with E-state index in [0.717, 1.165) is 34.0 Å². The molecule has 55 heavy (non-hydrogen) atoms. The van der Waals surface area contributed by atoms with Crippen LogP contribution in [-0.4, -0.2) is 69.0 Å². The summed E-state index contributed by atoms with van der Waals surface area (Å²) in [6, 6.07) is 12.3. The smallest absolute Gasteiger partial charge is 0.254 e. The summed E-state index contributed by atoms with van der Waals surface area (Å²) in [5, 5.41) is 35.9. The van der Waals surface area contributed by atoms with Crippen molar-refractivity contribution in [3.05, 3.63) is 95.4 Å². The molecule has 3 aliphatic rings. The number of aliphatic hydroxyl groups excluding tert-OH is 2. The Labute approximate surface area is 323 Å². The van der Waals surface area contributed by atoms with Crippen LogP contribution in [0, 0.1) is 29.1 Å². The molecule has 3 amide bonds. The number of H-pyrrole nitrogens is 1. The maximum Gasteiger partial charge on any atom is 0.254 e. The summed E-state index contributed by atoms with van der Waals surface area (Å²) in [4.78, 5) is 59.4. The van der Waals surface area contributed by atoms with Crippen LogP contribution in [0.3, 0.4) is 0 Å². The van der Waals surface area contributed by atoms with E-state index in [1.807, 2.05) is 43.5 Å². The second-order valence-corrected chi connectivity index (χ2v) is 15.9. The van der Waals surface area contributed by atoms with Gasteiger partial charge in [0.25, 0.3) is 5.91 Å². The van der Waals surface area contributed by atoms with Crippen molar-refractivity contribution in [3.63, 3.8) is 0 Å². The lowest BCUT2D eigenvalue weighted by molar-refractivity contribution is -0.146. The van der Waals surface area contributed by atoms with Gasteiger partial charge in [-0.2, -0.15) is 0 Å². The molecule has 10 atom stereocenters. The van der Waals surface area contributed by atoms with Gasteiger partial charge in [0.2, 0.25) is 11.8 Å². The average Bonchev–Trinajstić information content (AvgIpc) is 3.73. The highest BCUT2D eigenvalue weighted by Gasteiger charge is 2.66. The van der Waals surface area contributed by atoms with Crippen LogP contribution in [0.5, 0.6) is 0 Å². The van der Waals surface area contributed by atoms with Crippen molar-refractivity contribution in [3.8, 4) is 0 Å². The maximum atomic E-state index is 15.0. The number of hydrogen-bond acceptors (Lipinski definition) is 7. The molecule has 2 aromatic carbocycles. The van der Waals surface area contributed by atoms with Gasteiger partial charge in [0, 0.05) is 58.8 Å². The fourth-order valence-electron chi connectivity index (χ4n) is 8.90. The molecule has 3 aromatic rings. The highest BCUT2D eigenvalue weighted by atomic mass is 16.3. The monoisotopic (exact) mass is 749 g/mol. The van der Waals surface area contributed by atoms with Crippen molar-refractivity contribution >= 4 is 46.2 Å². The standard InChI is InChI=1S/C44H55N5O6/c1-7-25(3)39-38-27(5)26(4)21-30-20-24(2)16-17-36(50)40(52)35(22-37(51)44(30,38)43(55)49-39)48-34-15-11-9-13-32(34)42(54)47-28(6)41(53)45-19-18-29-23-46-33-14-10-8-12-31(29)33/h8-15,18-21,23,25,27-28,30,35-36,38-40,46,48,50,52H,7,16-17,22H2,1-6H3,(H,45,53)(H,47,54)(H,49,55)/b19-18+,24-20+/t25-,27-,28+,30+,35+,36+,38+,39+,40+,44-/m1/s1. The van der Waals surface area contributed by atoms with Gasteiger partial charge in [0.05, 0.1) is 17.7 Å². The number of Topliss-reactive ketones (excluding diaryl/α,β-unsaturated/α-hetero) is 1. The van der Waals surface area contributed by atoms with E-state index >= 15 is 4.79 Å². The number of ketones is 1. The van der Waals surface area contributed by atoms with E-state index in [4.69, 9.17) is 0 Å². The first kappa shape index (κ1) is 39.7. The number of aromatic nitrogens is 1. The van der Waals surface area contributed by atoms with E-state index in [0.29, 0.717) is 12.1 Å². The van der Waals surface area contributed by atoms with Crippen molar-refractivity contribution < 1.29 is 29.4 Å². The van der Waals surface area contributed by atoms with Crippen LogP contribution in [-0.2, 0) is 14.4 Å². The predicted octanol–water partition coefficient (Wildman–Crippen LogP) is 5.63. The molecule has 11 heteroatoms. The van der Waals surface area contributed by atoms with Crippen molar-refractivity contribution in [2.24, 2.45) is 29.1 Å². The molecule has 6 rings (SSSR count). The van der Waals surface area contributed by atoms with Crippen molar-refractivity contribution in [2.45, 2.75) is 97.6 Å². The van der Waals surface area contributed by atoms with Crippen LogP contribution in [0.25, 0.3) is 17.0 Å². The molecule has 7 N–H and O–H groups in total. The molecule has 0 bridgehead atoms. The molecule has 0 saturated carbocycles. The fraction of sp³-hybridized carbons (Fsp3) is 0.455. The Bertz CT molecular complexity index is 2030. The molecule has 292 valence electrons. The highest BCUT2D eigenvalue weighted by Crippen LogP contribution is 2.56. The van der Waals surface area contributed by atoms with Gasteiger partial charge in [0.1, 0.15) is 17.6 Å². The molecule has 1 aromatic heterocycles. The maximum absolute atomic E-state index is 15.0. The highest BCUT2D eigenvalue weighted by molar-refractivity contribution is 6.10. The van der Waals surface area contributed by atoms with E-state index in [-0.39, 0.29) is 53.9 Å². The summed E-state index contributed by atoms with van der Waals surface area (Å²) in [6.07, 6.45) is 7.91. The number of amides is 3. The first-order valence-electron chi connectivity index (χ1n) is 19.5. The zero-order valence-corrected chi connectivity index (χ0v) is 32.6. The number of aliphatic hydroxyl groups is 2. The van der Waals surface area contributed by atoms with Crippen molar-refractivity contribution in [1.82, 2.24) is 20.9 Å². The van der Waals surface area contributed by atoms with Gasteiger partial charge in [-0.25, -0.2) is 0 Å². The topological polar surface area (TPSA) is 173 Å². The van der Waals surface area contributed by atoms with Crippen LogP contribution in [0.4, 0.5) is 5.69 Å². The van der Waals surface area contributed by atoms with Gasteiger partial charge in [-0.05, 0) is 69.7 Å². The number of carbonyl (C=O) groups is 4. The molecule has 1 fully saturated rings. The molecule has 2 heterocycles. The molecule has 0 radical (unpaired) electrons. The lowest BCUT2D eigenvalue weighted by atomic mass is 9.53. The Balaban J connectivity index is 1.25. The number of carbonyl (C=O) groups excluding carboxylic acids is 4. The van der Waals surface area contributed by atoms with Crippen LogP contribution in [0.15, 0.2) is 84.2 Å². The number of benzene rings is 2. The van der Waals surface area contributed by atoms with Crippen LogP contribution < -0.4 is 21.3 Å². The minimum absolute atomic E-state index is 0.0495. The van der Waals surface area contributed by atoms with Gasteiger partial charge in [-0.3, -0.25) is 19.2 Å². The Morgan fingerprint density at radius 3 is 2.53 bits per heavy atom. The molecule has 0 unspecified atom stereocenters. The normalized spacial score (nSPS) is 30.5. The minimum Gasteiger partial charge on any atom is -0.390 e. The molecule has 1 aliphatic heterocycles. The number of rotatable bonds is 9. The van der Waals surface area contributed by atoms with Gasteiger partial charge in [-0.15, -0.1) is 0 Å². The molecular weight excluding hydrogens is 695 g/mol. The summed E-state index contributed by atoms with van der Waals surface area (Å²) in [5.41, 5.74) is 3.03. The van der Waals surface area contributed by atoms with Crippen molar-refractivity contribution in [1.29, 1.82) is 0 Å². The second-order valence-electron chi connectivity index (χ2n) is 15.9. The summed E-state index contributed by atoms with van der Waals surface area (Å²) >= 11 is 0. The summed E-state index contributed by atoms with van der Waals surface area (Å²) in [6.45, 7) is 11.9. The number of aromatic amines is 1. The van der Waals surface area contributed by atoms with E-state index in [1.54, 1.807) is 37.3 Å². The third-order valence-electron chi connectivity index (χ3n) is 12.4.